The first-order valence-electron chi connectivity index (χ1n) is 7.98. The molecule has 1 atom stereocenters. The Morgan fingerprint density at radius 3 is 2.65 bits per heavy atom. The number of cyclic esters (lactones) is 1. The Morgan fingerprint density at radius 2 is 2.00 bits per heavy atom. The Hall–Kier alpha value is -3.42. The largest absolute Gasteiger partial charge is 0.478 e. The van der Waals surface area contributed by atoms with E-state index in [0.29, 0.717) is 11.3 Å². The molecule has 0 unspecified atom stereocenters. The van der Waals surface area contributed by atoms with Crippen LogP contribution in [0, 0.1) is 0 Å². The van der Waals surface area contributed by atoms with Gasteiger partial charge in [-0.25, -0.2) is 9.59 Å². The van der Waals surface area contributed by atoms with Gasteiger partial charge in [0.2, 0.25) is 5.91 Å². The molecule has 1 saturated heterocycles. The quantitative estimate of drug-likeness (QED) is 0.811. The van der Waals surface area contributed by atoms with E-state index in [-0.39, 0.29) is 31.2 Å². The number of hydrogen-bond acceptors (Lipinski definition) is 5. The van der Waals surface area contributed by atoms with Crippen molar-refractivity contribution in [2.24, 2.45) is 0 Å². The van der Waals surface area contributed by atoms with Gasteiger partial charge in [-0.3, -0.25) is 14.7 Å². The van der Waals surface area contributed by atoms with E-state index in [0.717, 1.165) is 0 Å². The summed E-state index contributed by atoms with van der Waals surface area (Å²) in [5.74, 6) is -1.35. The van der Waals surface area contributed by atoms with Crippen molar-refractivity contribution in [1.82, 2.24) is 15.2 Å². The third kappa shape index (κ3) is 3.97. The summed E-state index contributed by atoms with van der Waals surface area (Å²) in [6.45, 7) is 0.381. The Morgan fingerprint density at radius 1 is 1.23 bits per heavy atom. The van der Waals surface area contributed by atoms with Gasteiger partial charge in [0.25, 0.3) is 0 Å². The van der Waals surface area contributed by atoms with Gasteiger partial charge in [0.1, 0.15) is 12.6 Å². The number of carbonyl (C=O) groups is 3. The van der Waals surface area contributed by atoms with Crippen LogP contribution in [-0.2, 0) is 22.6 Å². The third-order valence-corrected chi connectivity index (χ3v) is 4.00. The summed E-state index contributed by atoms with van der Waals surface area (Å²) in [5, 5.41) is 11.7. The van der Waals surface area contributed by atoms with Crippen LogP contribution in [0.5, 0.6) is 0 Å². The lowest BCUT2D eigenvalue weighted by Crippen LogP contribution is -2.45. The second kappa shape index (κ2) is 7.64. The number of nitrogens with zero attached hydrogens (tertiary/aromatic N) is 2. The molecule has 26 heavy (non-hydrogen) atoms. The van der Waals surface area contributed by atoms with Crippen LogP contribution in [0.3, 0.4) is 0 Å². The zero-order valence-corrected chi connectivity index (χ0v) is 13.8. The number of aromatic carboxylic acids is 1. The minimum Gasteiger partial charge on any atom is -0.478 e. The number of aromatic nitrogens is 1. The number of rotatable bonds is 6. The smallest absolute Gasteiger partial charge is 0.410 e. The molecule has 0 spiro atoms. The standard InChI is InChI=1S/C18H17N3O5/c22-16(20-9-14-3-1-2-8-19-14)15-11-26-18(25)21(15)10-12-4-6-13(7-5-12)17(23)24/h1-8,15H,9-11H2,(H,20,22)(H,23,24)/t15-/m0/s1. The van der Waals surface area contributed by atoms with Gasteiger partial charge < -0.3 is 15.2 Å². The number of ether oxygens (including phenoxy) is 1. The number of hydrogen-bond donors (Lipinski definition) is 2. The van der Waals surface area contributed by atoms with Crippen LogP contribution >= 0.6 is 0 Å². The highest BCUT2D eigenvalue weighted by Crippen LogP contribution is 2.17. The summed E-state index contributed by atoms with van der Waals surface area (Å²) < 4.78 is 5.00. The van der Waals surface area contributed by atoms with E-state index in [2.05, 4.69) is 10.3 Å². The van der Waals surface area contributed by atoms with Gasteiger partial charge in [0.15, 0.2) is 0 Å². The molecule has 2 heterocycles. The molecule has 1 aliphatic rings. The highest BCUT2D eigenvalue weighted by atomic mass is 16.6. The number of carbonyl (C=O) groups excluding carboxylic acids is 2. The number of carboxylic acid groups (broad SMARTS) is 1. The summed E-state index contributed by atoms with van der Waals surface area (Å²) >= 11 is 0. The monoisotopic (exact) mass is 355 g/mol. The molecule has 0 saturated carbocycles. The van der Waals surface area contributed by atoms with Crippen LogP contribution in [0.2, 0.25) is 0 Å². The maximum atomic E-state index is 12.4. The normalized spacial score (nSPS) is 16.2. The molecule has 1 aromatic heterocycles. The van der Waals surface area contributed by atoms with E-state index in [1.807, 2.05) is 6.07 Å². The Balaban J connectivity index is 1.64. The molecule has 1 aromatic carbocycles. The minimum atomic E-state index is -1.02. The van der Waals surface area contributed by atoms with Crippen molar-refractivity contribution in [2.45, 2.75) is 19.1 Å². The van der Waals surface area contributed by atoms with Gasteiger partial charge in [-0.15, -0.1) is 0 Å². The van der Waals surface area contributed by atoms with Crippen molar-refractivity contribution in [3.63, 3.8) is 0 Å². The fourth-order valence-electron chi connectivity index (χ4n) is 2.59. The van der Waals surface area contributed by atoms with Crippen molar-refractivity contribution in [3.05, 3.63) is 65.5 Å². The lowest BCUT2D eigenvalue weighted by atomic mass is 10.1. The first-order valence-corrected chi connectivity index (χ1v) is 7.98. The van der Waals surface area contributed by atoms with Crippen molar-refractivity contribution >= 4 is 18.0 Å². The molecule has 2 N–H and O–H groups in total. The summed E-state index contributed by atoms with van der Waals surface area (Å²) in [7, 11) is 0. The van der Waals surface area contributed by atoms with Crippen LogP contribution in [0.25, 0.3) is 0 Å². The first kappa shape index (κ1) is 17.4. The highest BCUT2D eigenvalue weighted by molar-refractivity contribution is 5.88. The number of pyridine rings is 1. The molecule has 0 aliphatic carbocycles. The molecule has 8 heteroatoms. The molecule has 0 bridgehead atoms. The molecule has 2 amide bonds. The van der Waals surface area contributed by atoms with E-state index in [9.17, 15) is 14.4 Å². The molecule has 134 valence electrons. The van der Waals surface area contributed by atoms with Crippen molar-refractivity contribution < 1.29 is 24.2 Å². The van der Waals surface area contributed by atoms with Gasteiger partial charge in [0.05, 0.1) is 24.3 Å². The number of amides is 2. The maximum Gasteiger partial charge on any atom is 0.410 e. The molecular weight excluding hydrogens is 338 g/mol. The van der Waals surface area contributed by atoms with Crippen molar-refractivity contribution in [3.8, 4) is 0 Å². The molecule has 1 aliphatic heterocycles. The fraction of sp³-hybridized carbons (Fsp3) is 0.222. The molecule has 8 nitrogen and oxygen atoms in total. The topological polar surface area (TPSA) is 109 Å². The van der Waals surface area contributed by atoms with Gasteiger partial charge in [-0.05, 0) is 29.8 Å². The first-order chi connectivity index (χ1) is 12.5. The fourth-order valence-corrected chi connectivity index (χ4v) is 2.59. The van der Waals surface area contributed by atoms with E-state index < -0.39 is 18.1 Å². The molecule has 2 aromatic rings. The van der Waals surface area contributed by atoms with Gasteiger partial charge in [-0.2, -0.15) is 0 Å². The van der Waals surface area contributed by atoms with Crippen LogP contribution in [0.15, 0.2) is 48.7 Å². The van der Waals surface area contributed by atoms with Gasteiger partial charge in [-0.1, -0.05) is 18.2 Å². The lowest BCUT2D eigenvalue weighted by Gasteiger charge is -2.20. The van der Waals surface area contributed by atoms with E-state index in [1.165, 1.54) is 17.0 Å². The summed E-state index contributed by atoms with van der Waals surface area (Å²) in [4.78, 5) is 40.7. The Labute approximate surface area is 149 Å². The van der Waals surface area contributed by atoms with Gasteiger partial charge >= 0.3 is 12.1 Å². The van der Waals surface area contributed by atoms with Crippen LogP contribution in [-0.4, -0.2) is 45.6 Å². The highest BCUT2D eigenvalue weighted by Gasteiger charge is 2.37. The lowest BCUT2D eigenvalue weighted by molar-refractivity contribution is -0.125. The Bertz CT molecular complexity index is 807. The average molecular weight is 355 g/mol. The van der Waals surface area contributed by atoms with Crippen LogP contribution in [0.1, 0.15) is 21.6 Å². The van der Waals surface area contributed by atoms with Crippen LogP contribution < -0.4 is 5.32 Å². The van der Waals surface area contributed by atoms with Crippen molar-refractivity contribution in [1.29, 1.82) is 0 Å². The minimum absolute atomic E-state index is 0.0277. The van der Waals surface area contributed by atoms with Crippen molar-refractivity contribution in [2.75, 3.05) is 6.61 Å². The summed E-state index contributed by atoms with van der Waals surface area (Å²) in [6, 6.07) is 10.8. The van der Waals surface area contributed by atoms with Gasteiger partial charge in [0, 0.05) is 6.20 Å². The molecule has 1 fully saturated rings. The zero-order valence-electron chi connectivity index (χ0n) is 13.8. The summed E-state index contributed by atoms with van der Waals surface area (Å²) in [6.07, 6.45) is 1.06. The maximum absolute atomic E-state index is 12.4. The number of nitrogens with one attached hydrogen (secondary N) is 1. The molecular formula is C18H17N3O5. The average Bonchev–Trinajstić information content (AvgIpc) is 3.01. The van der Waals surface area contributed by atoms with E-state index in [1.54, 1.807) is 30.5 Å². The number of carboxylic acids is 1. The second-order valence-corrected chi connectivity index (χ2v) is 5.76. The summed E-state index contributed by atoms with van der Waals surface area (Å²) in [5.41, 5.74) is 1.57. The Kier molecular flexibility index (Phi) is 5.12. The van der Waals surface area contributed by atoms with E-state index >= 15 is 0 Å². The predicted octanol–water partition coefficient (Wildman–Crippen LogP) is 1.42. The predicted molar refractivity (Wildman–Crippen MR) is 90.2 cm³/mol. The third-order valence-electron chi connectivity index (χ3n) is 4.00. The van der Waals surface area contributed by atoms with Crippen LogP contribution in [0.4, 0.5) is 4.79 Å². The SMILES string of the molecule is O=C(O)c1ccc(CN2C(=O)OC[C@H]2C(=O)NCc2ccccn2)cc1. The molecule has 0 radical (unpaired) electrons. The zero-order chi connectivity index (χ0) is 18.5. The molecule has 3 rings (SSSR count). The second-order valence-electron chi connectivity index (χ2n) is 5.76. The number of benzene rings is 1. The van der Waals surface area contributed by atoms with E-state index in [4.69, 9.17) is 9.84 Å².